The minimum absolute atomic E-state index is 0.264. The van der Waals surface area contributed by atoms with Gasteiger partial charge in [-0.1, -0.05) is 32.3 Å². The molecule has 1 aliphatic rings. The summed E-state index contributed by atoms with van der Waals surface area (Å²) in [6.45, 7) is 1.91. The van der Waals surface area contributed by atoms with Gasteiger partial charge in [-0.2, -0.15) is 0 Å². The van der Waals surface area contributed by atoms with Crippen LogP contribution in [0.2, 0.25) is 0 Å². The molecule has 68 valence electrons. The van der Waals surface area contributed by atoms with Crippen LogP contribution in [-0.4, -0.2) is 5.78 Å². The largest absolute Gasteiger partial charge is 0.295 e. The van der Waals surface area contributed by atoms with Gasteiger partial charge in [-0.25, -0.2) is 0 Å². The van der Waals surface area contributed by atoms with Gasteiger partial charge in [0.25, 0.3) is 0 Å². The summed E-state index contributed by atoms with van der Waals surface area (Å²) in [4.78, 5) is 11.0. The lowest BCUT2D eigenvalue weighted by atomic mass is 9.89. The van der Waals surface area contributed by atoms with Gasteiger partial charge < -0.3 is 0 Å². The smallest absolute Gasteiger partial charge is 0.155 e. The van der Waals surface area contributed by atoms with Crippen molar-refractivity contribution >= 4 is 5.78 Å². The molecule has 0 radical (unpaired) electrons. The zero-order chi connectivity index (χ0) is 8.81. The molecule has 0 aromatic heterocycles. The molecule has 0 aliphatic heterocycles. The van der Waals surface area contributed by atoms with Crippen molar-refractivity contribution in [3.05, 3.63) is 12.2 Å². The van der Waals surface area contributed by atoms with Crippen LogP contribution in [0.1, 0.15) is 45.4 Å². The van der Waals surface area contributed by atoms with Gasteiger partial charge in [0.2, 0.25) is 0 Å². The lowest BCUT2D eigenvalue weighted by Crippen LogP contribution is -2.03. The lowest BCUT2D eigenvalue weighted by molar-refractivity contribution is -0.114. The van der Waals surface area contributed by atoms with E-state index in [-0.39, 0.29) is 5.78 Å². The van der Waals surface area contributed by atoms with Crippen LogP contribution in [0.25, 0.3) is 0 Å². The van der Waals surface area contributed by atoms with Gasteiger partial charge in [0.15, 0.2) is 5.78 Å². The van der Waals surface area contributed by atoms with Gasteiger partial charge >= 0.3 is 0 Å². The molecule has 1 heteroatoms. The maximum absolute atomic E-state index is 11.0. The molecule has 0 aromatic rings. The van der Waals surface area contributed by atoms with Crippen LogP contribution in [0, 0.1) is 5.92 Å². The highest BCUT2D eigenvalue weighted by Gasteiger charge is 2.09. The van der Waals surface area contributed by atoms with E-state index in [0.717, 1.165) is 0 Å². The fourth-order valence-electron chi connectivity index (χ4n) is 1.69. The van der Waals surface area contributed by atoms with Crippen LogP contribution in [0.5, 0.6) is 0 Å². The fourth-order valence-corrected chi connectivity index (χ4v) is 1.69. The molecule has 12 heavy (non-hydrogen) atoms. The second-order valence-electron chi connectivity index (χ2n) is 3.58. The van der Waals surface area contributed by atoms with E-state index in [1.807, 2.05) is 6.92 Å². The van der Waals surface area contributed by atoms with E-state index in [1.54, 1.807) is 6.08 Å². The molecule has 0 aromatic carbocycles. The van der Waals surface area contributed by atoms with Crippen molar-refractivity contribution in [2.75, 3.05) is 0 Å². The molecule has 1 rings (SSSR count). The number of carbonyl (C=O) groups is 1. The van der Waals surface area contributed by atoms with Crippen molar-refractivity contribution in [3.8, 4) is 0 Å². The molecular weight excluding hydrogens is 148 g/mol. The Bertz CT molecular complexity index is 164. The standard InChI is InChI=1S/C11H18O/c1-2-11(12)9-8-10-6-4-3-5-7-10/h8-10H,2-7H2,1H3/b9-8-. The molecule has 0 unspecified atom stereocenters. The molecule has 1 aliphatic carbocycles. The van der Waals surface area contributed by atoms with E-state index in [4.69, 9.17) is 0 Å². The van der Waals surface area contributed by atoms with Crippen molar-refractivity contribution in [2.24, 2.45) is 5.92 Å². The van der Waals surface area contributed by atoms with Crippen LogP contribution in [0.4, 0.5) is 0 Å². The molecule has 0 atom stereocenters. The predicted octanol–water partition coefficient (Wildman–Crippen LogP) is 3.10. The third-order valence-corrected chi connectivity index (χ3v) is 2.55. The topological polar surface area (TPSA) is 17.1 Å². The third kappa shape index (κ3) is 3.21. The molecule has 0 bridgehead atoms. The second kappa shape index (κ2) is 5.13. The summed E-state index contributed by atoms with van der Waals surface area (Å²) in [5.41, 5.74) is 0. The van der Waals surface area contributed by atoms with Crippen LogP contribution in [-0.2, 0) is 4.79 Å². The Morgan fingerprint density at radius 2 is 2.00 bits per heavy atom. The molecule has 1 saturated carbocycles. The highest BCUT2D eigenvalue weighted by atomic mass is 16.1. The average molecular weight is 166 g/mol. The Balaban J connectivity index is 2.28. The molecule has 0 N–H and O–H groups in total. The number of carbonyl (C=O) groups excluding carboxylic acids is 1. The van der Waals surface area contributed by atoms with Crippen LogP contribution in [0.3, 0.4) is 0 Å². The van der Waals surface area contributed by atoms with Crippen molar-refractivity contribution in [3.63, 3.8) is 0 Å². The van der Waals surface area contributed by atoms with Crippen molar-refractivity contribution in [1.82, 2.24) is 0 Å². The first-order valence-corrected chi connectivity index (χ1v) is 5.04. The first-order chi connectivity index (χ1) is 5.83. The zero-order valence-electron chi connectivity index (χ0n) is 7.88. The van der Waals surface area contributed by atoms with Gasteiger partial charge in [-0.3, -0.25) is 4.79 Å². The number of hydrogen-bond donors (Lipinski definition) is 0. The van der Waals surface area contributed by atoms with Gasteiger partial charge in [-0.15, -0.1) is 0 Å². The molecule has 0 spiro atoms. The number of ketones is 1. The van der Waals surface area contributed by atoms with E-state index < -0.39 is 0 Å². The third-order valence-electron chi connectivity index (χ3n) is 2.55. The number of allylic oxidation sites excluding steroid dienone is 2. The van der Waals surface area contributed by atoms with Crippen LogP contribution >= 0.6 is 0 Å². The monoisotopic (exact) mass is 166 g/mol. The Morgan fingerprint density at radius 3 is 2.58 bits per heavy atom. The second-order valence-corrected chi connectivity index (χ2v) is 3.58. The van der Waals surface area contributed by atoms with Crippen molar-refractivity contribution in [2.45, 2.75) is 45.4 Å². The fraction of sp³-hybridized carbons (Fsp3) is 0.727. The van der Waals surface area contributed by atoms with Crippen molar-refractivity contribution < 1.29 is 4.79 Å². The van der Waals surface area contributed by atoms with Gasteiger partial charge in [-0.05, 0) is 24.8 Å². The summed E-state index contributed by atoms with van der Waals surface area (Å²) in [5.74, 6) is 0.954. The summed E-state index contributed by atoms with van der Waals surface area (Å²) in [5, 5.41) is 0. The maximum atomic E-state index is 11.0. The van der Waals surface area contributed by atoms with Crippen LogP contribution < -0.4 is 0 Å². The van der Waals surface area contributed by atoms with E-state index >= 15 is 0 Å². The van der Waals surface area contributed by atoms with Gasteiger partial charge in [0.05, 0.1) is 0 Å². The molecule has 1 fully saturated rings. The Morgan fingerprint density at radius 1 is 1.33 bits per heavy atom. The first-order valence-electron chi connectivity index (χ1n) is 5.04. The zero-order valence-corrected chi connectivity index (χ0v) is 7.88. The van der Waals surface area contributed by atoms with E-state index in [2.05, 4.69) is 6.08 Å². The predicted molar refractivity (Wildman–Crippen MR) is 51.0 cm³/mol. The van der Waals surface area contributed by atoms with E-state index in [0.29, 0.717) is 12.3 Å². The van der Waals surface area contributed by atoms with Gasteiger partial charge in [0.1, 0.15) is 0 Å². The summed E-state index contributed by atoms with van der Waals surface area (Å²) in [7, 11) is 0. The minimum Gasteiger partial charge on any atom is -0.295 e. The lowest BCUT2D eigenvalue weighted by Gasteiger charge is -2.17. The highest BCUT2D eigenvalue weighted by molar-refractivity contribution is 5.89. The van der Waals surface area contributed by atoms with E-state index in [1.165, 1.54) is 32.1 Å². The molecule has 1 nitrogen and oxygen atoms in total. The summed E-state index contributed by atoms with van der Waals surface area (Å²) in [6, 6.07) is 0. The summed E-state index contributed by atoms with van der Waals surface area (Å²) < 4.78 is 0. The number of hydrogen-bond acceptors (Lipinski definition) is 1. The Kier molecular flexibility index (Phi) is 4.06. The van der Waals surface area contributed by atoms with Gasteiger partial charge in [0, 0.05) is 6.42 Å². The minimum atomic E-state index is 0.264. The quantitative estimate of drug-likeness (QED) is 0.589. The summed E-state index contributed by atoms with van der Waals surface area (Å²) in [6.07, 6.45) is 11.2. The maximum Gasteiger partial charge on any atom is 0.155 e. The average Bonchev–Trinajstić information content (AvgIpc) is 2.16. The Hall–Kier alpha value is -0.590. The Labute approximate surface area is 74.9 Å². The summed E-state index contributed by atoms with van der Waals surface area (Å²) >= 11 is 0. The highest BCUT2D eigenvalue weighted by Crippen LogP contribution is 2.24. The SMILES string of the molecule is CCC(=O)/C=C\C1CCCCC1. The molecular formula is C11H18O. The van der Waals surface area contributed by atoms with Crippen LogP contribution in [0.15, 0.2) is 12.2 Å². The number of rotatable bonds is 3. The van der Waals surface area contributed by atoms with E-state index in [9.17, 15) is 4.79 Å². The normalized spacial score (nSPS) is 20.1. The van der Waals surface area contributed by atoms with Crippen molar-refractivity contribution in [1.29, 1.82) is 0 Å². The molecule has 0 saturated heterocycles. The molecule has 0 amide bonds. The first kappa shape index (κ1) is 9.50. The molecule has 0 heterocycles.